The average molecular weight is 474 g/mol. The minimum absolute atomic E-state index is 0.292. The van der Waals surface area contributed by atoms with Crippen LogP contribution in [0.4, 0.5) is 5.69 Å². The number of tetrazole rings is 1. The number of hydrogen-bond donors (Lipinski definition) is 3. The summed E-state index contributed by atoms with van der Waals surface area (Å²) in [6.07, 6.45) is 2.68. The van der Waals surface area contributed by atoms with Gasteiger partial charge in [-0.25, -0.2) is 5.10 Å². The Bertz CT molecular complexity index is 1090. The number of carbonyl (C=O) groups excluding carboxylic acids is 2. The van der Waals surface area contributed by atoms with E-state index >= 15 is 0 Å². The van der Waals surface area contributed by atoms with E-state index in [0.717, 1.165) is 31.6 Å². The number of amides is 2. The summed E-state index contributed by atoms with van der Waals surface area (Å²) in [5, 5.41) is 19.4. The molecule has 3 N–H and O–H groups in total. The van der Waals surface area contributed by atoms with Crippen molar-refractivity contribution in [2.45, 2.75) is 31.7 Å². The number of rotatable bonds is 7. The van der Waals surface area contributed by atoms with Crippen molar-refractivity contribution in [2.75, 3.05) is 25.5 Å². The summed E-state index contributed by atoms with van der Waals surface area (Å²) >= 11 is 7.11. The molecule has 32 heavy (non-hydrogen) atoms. The molecule has 0 bridgehead atoms. The van der Waals surface area contributed by atoms with Gasteiger partial charge in [-0.05, 0) is 72.1 Å². The molecule has 0 fully saturated rings. The minimum atomic E-state index is -0.765. The third kappa shape index (κ3) is 5.70. The number of thiophene rings is 1. The number of halogens is 1. The molecule has 0 spiro atoms. The molecule has 1 unspecified atom stereocenters. The third-order valence-electron chi connectivity index (χ3n) is 5.48. The lowest BCUT2D eigenvalue weighted by atomic mass is 10.0. The van der Waals surface area contributed by atoms with Crippen molar-refractivity contribution >= 4 is 40.4 Å². The first-order valence-electron chi connectivity index (χ1n) is 10.4. The van der Waals surface area contributed by atoms with E-state index < -0.39 is 6.04 Å². The van der Waals surface area contributed by atoms with Gasteiger partial charge in [0.05, 0.1) is 9.21 Å². The summed E-state index contributed by atoms with van der Waals surface area (Å²) in [5.41, 5.74) is 3.27. The Kier molecular flexibility index (Phi) is 7.13. The van der Waals surface area contributed by atoms with Gasteiger partial charge in [0.2, 0.25) is 5.91 Å². The highest BCUT2D eigenvalue weighted by molar-refractivity contribution is 7.18. The SMILES string of the molecule is CN1CCc2ccc(NC(=O)C(CCc3nnn[nH]3)NC(=O)c3ccc(Cl)s3)cc2CC1. The Morgan fingerprint density at radius 3 is 2.75 bits per heavy atom. The maximum absolute atomic E-state index is 13.1. The molecule has 1 atom stereocenters. The number of benzene rings is 1. The Hall–Kier alpha value is -2.82. The molecule has 4 rings (SSSR count). The summed E-state index contributed by atoms with van der Waals surface area (Å²) in [7, 11) is 2.12. The van der Waals surface area contributed by atoms with E-state index in [4.69, 9.17) is 11.6 Å². The van der Waals surface area contributed by atoms with Crippen LogP contribution in [-0.4, -0.2) is 63.5 Å². The topological polar surface area (TPSA) is 116 Å². The number of aryl methyl sites for hydroxylation is 1. The molecule has 1 aromatic carbocycles. The zero-order valence-corrected chi connectivity index (χ0v) is 19.2. The first-order chi connectivity index (χ1) is 15.5. The molecule has 168 valence electrons. The highest BCUT2D eigenvalue weighted by Gasteiger charge is 2.23. The quantitative estimate of drug-likeness (QED) is 0.485. The van der Waals surface area contributed by atoms with Gasteiger partial charge in [-0.3, -0.25) is 9.59 Å². The molecule has 9 nitrogen and oxygen atoms in total. The molecule has 3 heterocycles. The summed E-state index contributed by atoms with van der Waals surface area (Å²) in [6, 6.07) is 8.56. The van der Waals surface area contributed by atoms with Crippen LogP contribution in [0.25, 0.3) is 0 Å². The number of likely N-dealkylation sites (N-methyl/N-ethyl adjacent to an activating group) is 1. The van der Waals surface area contributed by atoms with Crippen molar-refractivity contribution in [2.24, 2.45) is 0 Å². The van der Waals surface area contributed by atoms with Crippen molar-refractivity contribution in [3.63, 3.8) is 0 Å². The molecule has 3 aromatic rings. The van der Waals surface area contributed by atoms with E-state index in [9.17, 15) is 9.59 Å². The largest absolute Gasteiger partial charge is 0.340 e. The lowest BCUT2D eigenvalue weighted by molar-refractivity contribution is -0.118. The number of aromatic nitrogens is 4. The number of anilines is 1. The van der Waals surface area contributed by atoms with E-state index in [1.165, 1.54) is 22.5 Å². The molecule has 0 radical (unpaired) electrons. The van der Waals surface area contributed by atoms with Crippen LogP contribution in [0.3, 0.4) is 0 Å². The van der Waals surface area contributed by atoms with Crippen LogP contribution in [0.1, 0.15) is 33.0 Å². The van der Waals surface area contributed by atoms with Gasteiger partial charge >= 0.3 is 0 Å². The van der Waals surface area contributed by atoms with Gasteiger partial charge in [0.15, 0.2) is 0 Å². The number of carbonyl (C=O) groups is 2. The molecule has 2 aromatic heterocycles. The van der Waals surface area contributed by atoms with Gasteiger partial charge in [-0.15, -0.1) is 16.4 Å². The predicted octanol–water partition coefficient (Wildman–Crippen LogP) is 2.31. The Morgan fingerprint density at radius 2 is 2.03 bits per heavy atom. The number of fused-ring (bicyclic) bond motifs is 1. The average Bonchev–Trinajstić information content (AvgIpc) is 3.42. The van der Waals surface area contributed by atoms with Gasteiger partial charge in [-0.1, -0.05) is 17.7 Å². The number of nitrogens with one attached hydrogen (secondary N) is 3. The summed E-state index contributed by atoms with van der Waals surface area (Å²) in [5.74, 6) is -0.0905. The van der Waals surface area contributed by atoms with Gasteiger partial charge in [0, 0.05) is 25.2 Å². The zero-order valence-electron chi connectivity index (χ0n) is 17.6. The zero-order chi connectivity index (χ0) is 22.5. The van der Waals surface area contributed by atoms with Crippen LogP contribution >= 0.6 is 22.9 Å². The number of hydrogen-bond acceptors (Lipinski definition) is 7. The van der Waals surface area contributed by atoms with Crippen LogP contribution in [0, 0.1) is 0 Å². The molecule has 1 aliphatic heterocycles. The standard InChI is InChI=1S/C21H24ClN7O2S/c1-29-10-8-13-2-3-15(12-14(13)9-11-29)23-20(30)16(4-7-19-25-27-28-26-19)24-21(31)17-5-6-18(22)32-17/h2-3,5-6,12,16H,4,7-11H2,1H3,(H,23,30)(H,24,31)(H,25,26,27,28). The smallest absolute Gasteiger partial charge is 0.262 e. The maximum Gasteiger partial charge on any atom is 0.262 e. The molecule has 1 aliphatic rings. The lowest BCUT2D eigenvalue weighted by Crippen LogP contribution is -2.44. The van der Waals surface area contributed by atoms with Crippen LogP contribution < -0.4 is 10.6 Å². The molecule has 0 aliphatic carbocycles. The lowest BCUT2D eigenvalue weighted by Gasteiger charge is -2.18. The summed E-state index contributed by atoms with van der Waals surface area (Å²) in [6.45, 7) is 2.01. The van der Waals surface area contributed by atoms with Crippen molar-refractivity contribution in [1.82, 2.24) is 30.8 Å². The normalized spacial score (nSPS) is 14.9. The van der Waals surface area contributed by atoms with Gasteiger partial charge in [0.25, 0.3) is 5.91 Å². The molecule has 0 saturated carbocycles. The fraction of sp³-hybridized carbons (Fsp3) is 0.381. The highest BCUT2D eigenvalue weighted by Crippen LogP contribution is 2.22. The van der Waals surface area contributed by atoms with E-state index in [1.54, 1.807) is 12.1 Å². The number of H-pyrrole nitrogens is 1. The van der Waals surface area contributed by atoms with Crippen LogP contribution in [-0.2, 0) is 24.1 Å². The van der Waals surface area contributed by atoms with Crippen molar-refractivity contribution < 1.29 is 9.59 Å². The van der Waals surface area contributed by atoms with Crippen LogP contribution in [0.5, 0.6) is 0 Å². The third-order valence-corrected chi connectivity index (χ3v) is 6.71. The van der Waals surface area contributed by atoms with Crippen molar-refractivity contribution in [3.05, 3.63) is 56.5 Å². The van der Waals surface area contributed by atoms with Crippen molar-refractivity contribution in [1.29, 1.82) is 0 Å². The van der Waals surface area contributed by atoms with E-state index in [1.807, 2.05) is 12.1 Å². The van der Waals surface area contributed by atoms with Gasteiger partial charge in [0.1, 0.15) is 11.9 Å². The highest BCUT2D eigenvalue weighted by atomic mass is 35.5. The molecule has 11 heteroatoms. The fourth-order valence-electron chi connectivity index (χ4n) is 3.64. The predicted molar refractivity (Wildman–Crippen MR) is 123 cm³/mol. The van der Waals surface area contributed by atoms with Gasteiger partial charge in [-0.2, -0.15) is 0 Å². The van der Waals surface area contributed by atoms with E-state index in [-0.39, 0.29) is 11.8 Å². The van der Waals surface area contributed by atoms with E-state index in [0.29, 0.717) is 27.9 Å². The number of aromatic amines is 1. The Balaban J connectivity index is 1.47. The molecule has 2 amide bonds. The second-order valence-corrected chi connectivity index (χ2v) is 9.51. The molecular weight excluding hydrogens is 450 g/mol. The summed E-state index contributed by atoms with van der Waals surface area (Å²) < 4.78 is 0.513. The first kappa shape index (κ1) is 22.4. The van der Waals surface area contributed by atoms with Crippen LogP contribution in [0.15, 0.2) is 30.3 Å². The second-order valence-electron chi connectivity index (χ2n) is 7.79. The molecule has 0 saturated heterocycles. The fourth-order valence-corrected chi connectivity index (χ4v) is 4.59. The van der Waals surface area contributed by atoms with E-state index in [2.05, 4.69) is 49.3 Å². The Labute approximate surface area is 194 Å². The van der Waals surface area contributed by atoms with Gasteiger partial charge < -0.3 is 15.5 Å². The Morgan fingerprint density at radius 1 is 1.22 bits per heavy atom. The second kappa shape index (κ2) is 10.2. The minimum Gasteiger partial charge on any atom is -0.340 e. The summed E-state index contributed by atoms with van der Waals surface area (Å²) in [4.78, 5) is 28.5. The first-order valence-corrected chi connectivity index (χ1v) is 11.6. The maximum atomic E-state index is 13.1. The van der Waals surface area contributed by atoms with Crippen molar-refractivity contribution in [3.8, 4) is 0 Å². The number of nitrogens with zero attached hydrogens (tertiary/aromatic N) is 4. The molecular formula is C21H24ClN7O2S. The monoisotopic (exact) mass is 473 g/mol. The van der Waals surface area contributed by atoms with Crippen LogP contribution in [0.2, 0.25) is 4.34 Å².